The van der Waals surface area contributed by atoms with E-state index >= 15 is 0 Å². The van der Waals surface area contributed by atoms with Gasteiger partial charge in [-0.2, -0.15) is 10.2 Å². The number of hydrogen-bond acceptors (Lipinski definition) is 9. The number of nitrogens with zero attached hydrogens (tertiary/aromatic N) is 6. The number of ether oxygens (including phenoxy) is 1. The van der Waals surface area contributed by atoms with Crippen LogP contribution in [-0.2, 0) is 11.3 Å². The number of carbonyl (C=O) groups is 1. The first-order valence-electron chi connectivity index (χ1n) is 11.5. The van der Waals surface area contributed by atoms with Crippen molar-refractivity contribution < 1.29 is 9.53 Å². The van der Waals surface area contributed by atoms with Crippen LogP contribution in [0.4, 0.5) is 11.5 Å². The number of amides is 1. The molecular formula is C23H25ClN8O3S. The van der Waals surface area contributed by atoms with Crippen LogP contribution >= 0.6 is 22.9 Å². The second-order valence-corrected chi connectivity index (χ2v) is 10.2. The number of fused-ring (bicyclic) bond motifs is 1. The van der Waals surface area contributed by atoms with E-state index in [1.54, 1.807) is 29.8 Å². The summed E-state index contributed by atoms with van der Waals surface area (Å²) in [6, 6.07) is 8.50. The van der Waals surface area contributed by atoms with E-state index in [1.165, 1.54) is 28.4 Å². The minimum atomic E-state index is -0.215. The second kappa shape index (κ2) is 10.2. The third-order valence-corrected chi connectivity index (χ3v) is 7.32. The summed E-state index contributed by atoms with van der Waals surface area (Å²) in [5.41, 5.74) is 8.83. The summed E-state index contributed by atoms with van der Waals surface area (Å²) < 4.78 is 8.74. The standard InChI is InChI=1S/C23H25ClN8O3S/c1-35-10-9-31-20(33)7-4-15(29-31)16-11-17(21-22(25)26-13-27-32(16)21)30-8-2-3-14(12-30)28-23(34)18-5-6-19(24)36-18/h4-7,11,13-14H,2-3,8-10,12H2,1H3,(H,28,34)(H2,25,26,27)/t14-/m1/s1. The maximum atomic E-state index is 12.7. The summed E-state index contributed by atoms with van der Waals surface area (Å²) in [7, 11) is 1.57. The molecule has 1 aliphatic heterocycles. The topological polar surface area (TPSA) is 133 Å². The van der Waals surface area contributed by atoms with E-state index in [0.717, 1.165) is 25.1 Å². The zero-order chi connectivity index (χ0) is 25.2. The minimum absolute atomic E-state index is 0.0505. The van der Waals surface area contributed by atoms with Crippen molar-refractivity contribution >= 4 is 45.9 Å². The number of anilines is 2. The van der Waals surface area contributed by atoms with Crippen LogP contribution in [0.5, 0.6) is 0 Å². The van der Waals surface area contributed by atoms with Crippen LogP contribution in [0.25, 0.3) is 16.9 Å². The number of thiophene rings is 1. The fraction of sp³-hybridized carbons (Fsp3) is 0.348. The summed E-state index contributed by atoms with van der Waals surface area (Å²) >= 11 is 7.25. The number of nitrogens with one attached hydrogen (secondary N) is 1. The Kier molecular flexibility index (Phi) is 6.90. The van der Waals surface area contributed by atoms with Crippen LogP contribution in [0.2, 0.25) is 4.34 Å². The average molecular weight is 529 g/mol. The molecule has 3 N–H and O–H groups in total. The molecule has 1 amide bonds. The molecule has 5 rings (SSSR count). The molecule has 1 atom stereocenters. The normalized spacial score (nSPS) is 15.9. The summed E-state index contributed by atoms with van der Waals surface area (Å²) in [4.78, 5) is 31.9. The summed E-state index contributed by atoms with van der Waals surface area (Å²) in [5.74, 6) is 0.199. The van der Waals surface area contributed by atoms with Gasteiger partial charge in [0.25, 0.3) is 11.5 Å². The van der Waals surface area contributed by atoms with E-state index in [4.69, 9.17) is 22.1 Å². The van der Waals surface area contributed by atoms with Gasteiger partial charge in [-0.15, -0.1) is 11.3 Å². The lowest BCUT2D eigenvalue weighted by Gasteiger charge is -2.34. The SMILES string of the molecule is COCCn1nc(-c2cc(N3CCC[C@@H](NC(=O)c4ccc(Cl)s4)C3)c3c(N)ncnn23)ccc1=O. The van der Waals surface area contributed by atoms with Crippen LogP contribution in [0.1, 0.15) is 22.5 Å². The quantitative estimate of drug-likeness (QED) is 0.373. The third-order valence-electron chi connectivity index (χ3n) is 6.09. The zero-order valence-corrected chi connectivity index (χ0v) is 21.1. The molecule has 13 heteroatoms. The first-order valence-corrected chi connectivity index (χ1v) is 12.6. The highest BCUT2D eigenvalue weighted by molar-refractivity contribution is 7.18. The summed E-state index contributed by atoms with van der Waals surface area (Å²) in [6.07, 6.45) is 3.14. The van der Waals surface area contributed by atoms with Gasteiger partial charge in [0.1, 0.15) is 17.5 Å². The van der Waals surface area contributed by atoms with Crippen LogP contribution in [0, 0.1) is 0 Å². The summed E-state index contributed by atoms with van der Waals surface area (Å²) in [5, 5.41) is 12.1. The van der Waals surface area contributed by atoms with Crippen LogP contribution in [-0.4, -0.2) is 63.1 Å². The van der Waals surface area contributed by atoms with Gasteiger partial charge in [0.2, 0.25) is 0 Å². The first kappa shape index (κ1) is 24.2. The Hall–Kier alpha value is -3.48. The van der Waals surface area contributed by atoms with E-state index in [2.05, 4.69) is 25.4 Å². The highest BCUT2D eigenvalue weighted by Crippen LogP contribution is 2.34. The molecule has 36 heavy (non-hydrogen) atoms. The van der Waals surface area contributed by atoms with Gasteiger partial charge in [0.15, 0.2) is 5.82 Å². The molecule has 0 bridgehead atoms. The Labute approximate surface area is 215 Å². The van der Waals surface area contributed by atoms with Crippen molar-refractivity contribution in [2.24, 2.45) is 0 Å². The highest BCUT2D eigenvalue weighted by Gasteiger charge is 2.27. The predicted molar refractivity (Wildman–Crippen MR) is 139 cm³/mol. The van der Waals surface area contributed by atoms with Gasteiger partial charge in [-0.05, 0) is 37.1 Å². The molecule has 5 heterocycles. The number of piperidine rings is 1. The Morgan fingerprint density at radius 3 is 2.97 bits per heavy atom. The van der Waals surface area contributed by atoms with Crippen LogP contribution < -0.4 is 21.5 Å². The van der Waals surface area contributed by atoms with Gasteiger partial charge >= 0.3 is 0 Å². The fourth-order valence-corrected chi connectivity index (χ4v) is 5.35. The van der Waals surface area contributed by atoms with Crippen molar-refractivity contribution in [1.82, 2.24) is 29.7 Å². The Balaban J connectivity index is 1.47. The Bertz CT molecular complexity index is 1470. The number of rotatable bonds is 7. The zero-order valence-electron chi connectivity index (χ0n) is 19.6. The minimum Gasteiger partial charge on any atom is -0.383 e. The maximum Gasteiger partial charge on any atom is 0.266 e. The molecule has 1 aliphatic rings. The smallest absolute Gasteiger partial charge is 0.266 e. The average Bonchev–Trinajstić information content (AvgIpc) is 3.49. The van der Waals surface area contributed by atoms with E-state index < -0.39 is 0 Å². The number of aromatic nitrogens is 5. The van der Waals surface area contributed by atoms with Gasteiger partial charge in [-0.25, -0.2) is 14.2 Å². The number of methoxy groups -OCH3 is 1. The molecular weight excluding hydrogens is 504 g/mol. The lowest BCUT2D eigenvalue weighted by Crippen LogP contribution is -2.47. The number of nitrogen functional groups attached to an aromatic ring is 1. The first-order chi connectivity index (χ1) is 17.4. The van der Waals surface area contributed by atoms with E-state index in [-0.39, 0.29) is 17.5 Å². The van der Waals surface area contributed by atoms with Crippen molar-refractivity contribution in [2.45, 2.75) is 25.4 Å². The van der Waals surface area contributed by atoms with Crippen molar-refractivity contribution in [1.29, 1.82) is 0 Å². The lowest BCUT2D eigenvalue weighted by atomic mass is 10.0. The molecule has 11 nitrogen and oxygen atoms in total. The maximum absolute atomic E-state index is 12.7. The predicted octanol–water partition coefficient (Wildman–Crippen LogP) is 2.30. The summed E-state index contributed by atoms with van der Waals surface area (Å²) in [6.45, 7) is 2.08. The molecule has 188 valence electrons. The molecule has 0 aliphatic carbocycles. The Morgan fingerprint density at radius 2 is 2.19 bits per heavy atom. The monoisotopic (exact) mass is 528 g/mol. The van der Waals surface area contributed by atoms with E-state index in [1.807, 2.05) is 6.07 Å². The molecule has 4 aromatic heterocycles. The molecule has 1 fully saturated rings. The van der Waals surface area contributed by atoms with Crippen LogP contribution in [0.15, 0.2) is 41.5 Å². The van der Waals surface area contributed by atoms with Gasteiger partial charge in [-0.3, -0.25) is 9.59 Å². The van der Waals surface area contributed by atoms with Crippen LogP contribution in [0.3, 0.4) is 0 Å². The van der Waals surface area contributed by atoms with Crippen molar-refractivity contribution in [3.63, 3.8) is 0 Å². The van der Waals surface area contributed by atoms with Crippen molar-refractivity contribution in [2.75, 3.05) is 37.4 Å². The van der Waals surface area contributed by atoms with Gasteiger partial charge in [0, 0.05) is 32.3 Å². The number of carbonyl (C=O) groups excluding carboxylic acids is 1. The molecule has 0 spiro atoms. The van der Waals surface area contributed by atoms with Crippen molar-refractivity contribution in [3.05, 3.63) is 56.2 Å². The molecule has 0 saturated carbocycles. The molecule has 0 unspecified atom stereocenters. The van der Waals surface area contributed by atoms with E-state index in [9.17, 15) is 9.59 Å². The van der Waals surface area contributed by atoms with E-state index in [0.29, 0.717) is 51.6 Å². The lowest BCUT2D eigenvalue weighted by molar-refractivity contribution is 0.0937. The van der Waals surface area contributed by atoms with Crippen molar-refractivity contribution in [3.8, 4) is 11.4 Å². The molecule has 4 aromatic rings. The molecule has 0 aromatic carbocycles. The third kappa shape index (κ3) is 4.79. The molecule has 0 radical (unpaired) electrons. The highest BCUT2D eigenvalue weighted by atomic mass is 35.5. The number of nitrogens with two attached hydrogens (primary N) is 1. The fourth-order valence-electron chi connectivity index (χ4n) is 4.40. The van der Waals surface area contributed by atoms with Gasteiger partial charge in [-0.1, -0.05) is 11.6 Å². The van der Waals surface area contributed by atoms with Gasteiger partial charge in [0.05, 0.1) is 33.7 Å². The molecule has 1 saturated heterocycles. The Morgan fingerprint density at radius 1 is 1.33 bits per heavy atom. The second-order valence-electron chi connectivity index (χ2n) is 8.46. The largest absolute Gasteiger partial charge is 0.383 e. The number of hydrogen-bond donors (Lipinski definition) is 2. The van der Waals surface area contributed by atoms with Gasteiger partial charge < -0.3 is 20.7 Å². The number of halogens is 1.